The third-order valence-corrected chi connectivity index (χ3v) is 14.4. The summed E-state index contributed by atoms with van der Waals surface area (Å²) in [6.45, 7) is 9.27. The zero-order valence-electron chi connectivity index (χ0n) is 27.1. The largest absolute Gasteiger partial charge is 0.449 e. The number of carbonyl (C=O) groups excluding carboxylic acids is 1. The van der Waals surface area contributed by atoms with E-state index in [0.29, 0.717) is 23.7 Å². The highest BCUT2D eigenvalue weighted by atomic mass is 32.2. The van der Waals surface area contributed by atoms with Gasteiger partial charge in [0.1, 0.15) is 0 Å². The Morgan fingerprint density at radius 3 is 2.29 bits per heavy atom. The van der Waals surface area contributed by atoms with E-state index >= 15 is 0 Å². The van der Waals surface area contributed by atoms with Crippen molar-refractivity contribution in [3.63, 3.8) is 0 Å². The Balaban J connectivity index is 1.09. The van der Waals surface area contributed by atoms with Crippen molar-refractivity contribution in [2.45, 2.75) is 96.2 Å². The van der Waals surface area contributed by atoms with Gasteiger partial charge in [0.2, 0.25) is 0 Å². The van der Waals surface area contributed by atoms with Gasteiger partial charge in [-0.2, -0.15) is 0 Å². The molecule has 11 atom stereocenters. The first-order valence-corrected chi connectivity index (χ1v) is 18.4. The number of hydrogen-bond donors (Lipinski definition) is 3. The number of benzene rings is 1. The van der Waals surface area contributed by atoms with Crippen LogP contribution < -0.4 is 4.72 Å². The molecule has 0 bridgehead atoms. The molecule has 2 aromatic rings. The molecule has 1 amide bonds. The molecule has 4 aliphatic rings. The van der Waals surface area contributed by atoms with Gasteiger partial charge in [0.05, 0.1) is 23.7 Å². The minimum absolute atomic E-state index is 0.00644. The second kappa shape index (κ2) is 12.3. The number of hydrogen-bond acceptors (Lipinski definition) is 7. The Morgan fingerprint density at radius 1 is 0.956 bits per heavy atom. The molecule has 4 aliphatic carbocycles. The van der Waals surface area contributed by atoms with Crippen LogP contribution in [-0.4, -0.2) is 48.5 Å². The Hall–Kier alpha value is -2.49. The first-order chi connectivity index (χ1) is 21.4. The van der Waals surface area contributed by atoms with Crippen molar-refractivity contribution in [2.75, 3.05) is 6.61 Å². The first-order valence-electron chi connectivity index (χ1n) is 16.9. The van der Waals surface area contributed by atoms with Gasteiger partial charge in [-0.15, -0.1) is 0 Å². The predicted molar refractivity (Wildman–Crippen MR) is 172 cm³/mol. The van der Waals surface area contributed by atoms with Crippen LogP contribution in [0.1, 0.15) is 79.1 Å². The highest BCUT2D eigenvalue weighted by Crippen LogP contribution is 2.69. The second-order valence-electron chi connectivity index (χ2n) is 15.1. The minimum atomic E-state index is -4.08. The summed E-state index contributed by atoms with van der Waals surface area (Å²) in [4.78, 5) is 16.7. The summed E-state index contributed by atoms with van der Waals surface area (Å²) >= 11 is 0. The Kier molecular flexibility index (Phi) is 8.85. The van der Waals surface area contributed by atoms with Gasteiger partial charge in [0.15, 0.2) is 0 Å². The zero-order valence-corrected chi connectivity index (χ0v) is 27.9. The Bertz CT molecular complexity index is 1470. The molecular weight excluding hydrogens is 588 g/mol. The lowest BCUT2D eigenvalue weighted by molar-refractivity contribution is -0.203. The van der Waals surface area contributed by atoms with Gasteiger partial charge in [-0.05, 0) is 133 Å². The van der Waals surface area contributed by atoms with Crippen LogP contribution in [-0.2, 0) is 14.8 Å². The molecule has 9 heteroatoms. The number of amides is 1. The Morgan fingerprint density at radius 2 is 1.60 bits per heavy atom. The summed E-state index contributed by atoms with van der Waals surface area (Å²) in [6.07, 6.45) is 9.65. The molecule has 1 heterocycles. The van der Waals surface area contributed by atoms with Crippen molar-refractivity contribution >= 4 is 16.1 Å². The maximum atomic E-state index is 12.9. The number of nitrogens with one attached hydrogen (secondary N) is 1. The number of fused-ring (bicyclic) bond motifs is 5. The van der Waals surface area contributed by atoms with Crippen molar-refractivity contribution in [1.82, 2.24) is 9.71 Å². The fraction of sp³-hybridized carbons (Fsp3) is 0.667. The molecule has 0 saturated heterocycles. The number of aliphatic hydroxyl groups excluding tert-OH is 2. The van der Waals surface area contributed by atoms with Crippen molar-refractivity contribution in [1.29, 1.82) is 0 Å². The molecule has 246 valence electrons. The van der Waals surface area contributed by atoms with Crippen molar-refractivity contribution in [3.8, 4) is 11.1 Å². The van der Waals surface area contributed by atoms with E-state index in [1.165, 1.54) is 12.1 Å². The van der Waals surface area contributed by atoms with Gasteiger partial charge in [0.25, 0.3) is 10.0 Å². The molecule has 6 rings (SSSR count). The molecule has 1 aromatic carbocycles. The number of carbonyl (C=O) groups is 1. The highest BCUT2D eigenvalue weighted by molar-refractivity contribution is 7.90. The lowest BCUT2D eigenvalue weighted by atomic mass is 9.41. The normalized spacial score (nSPS) is 38.4. The molecule has 3 N–H and O–H groups in total. The van der Waals surface area contributed by atoms with Crippen LogP contribution >= 0.6 is 0 Å². The van der Waals surface area contributed by atoms with E-state index in [0.717, 1.165) is 62.5 Å². The lowest BCUT2D eigenvalue weighted by Gasteiger charge is -2.64. The third-order valence-electron chi connectivity index (χ3n) is 13.0. The van der Waals surface area contributed by atoms with Crippen LogP contribution in [0.15, 0.2) is 53.7 Å². The van der Waals surface area contributed by atoms with Gasteiger partial charge in [-0.25, -0.2) is 17.9 Å². The molecule has 0 spiro atoms. The van der Waals surface area contributed by atoms with Crippen LogP contribution in [0.25, 0.3) is 11.1 Å². The summed E-state index contributed by atoms with van der Waals surface area (Å²) in [5, 5.41) is 22.5. The average Bonchev–Trinajstić information content (AvgIpc) is 3.38. The van der Waals surface area contributed by atoms with Crippen molar-refractivity contribution in [3.05, 3.63) is 48.8 Å². The fourth-order valence-electron chi connectivity index (χ4n) is 10.8. The summed E-state index contributed by atoms with van der Waals surface area (Å²) in [5.74, 6) is 2.07. The second-order valence-corrected chi connectivity index (χ2v) is 16.7. The Labute approximate surface area is 268 Å². The van der Waals surface area contributed by atoms with Gasteiger partial charge >= 0.3 is 6.09 Å². The molecule has 0 aliphatic heterocycles. The zero-order chi connectivity index (χ0) is 32.1. The van der Waals surface area contributed by atoms with Crippen LogP contribution in [0.4, 0.5) is 4.79 Å². The number of pyridine rings is 1. The maximum absolute atomic E-state index is 12.9. The van der Waals surface area contributed by atoms with Gasteiger partial charge < -0.3 is 14.9 Å². The maximum Gasteiger partial charge on any atom is 0.421 e. The number of aliphatic hydroxyl groups is 2. The van der Waals surface area contributed by atoms with Crippen LogP contribution in [0.5, 0.6) is 0 Å². The lowest BCUT2D eigenvalue weighted by Crippen LogP contribution is -2.62. The quantitative estimate of drug-likeness (QED) is 0.319. The van der Waals surface area contributed by atoms with E-state index in [1.807, 2.05) is 12.1 Å². The average molecular weight is 639 g/mol. The number of sulfonamides is 1. The standard InChI is InChI=1S/C36H50N2O6S/c1-5-27-31-20-25(39)12-16-36(31,4)30-13-17-35(3)28(10-11-29(35)32(30)33(27)40)22(2)21-44-34(41)38-45(42,43)26-8-6-23(7-9-26)24-14-18-37-19-15-24/h6-9,14-15,18-19,22,25,27-33,39-40H,5,10-13,16-17,20-21H2,1-4H3,(H,38,41)/t22-,25-,27-,28-,29+,30+,31+,32+,33-,35-,36-/m1/s1. The van der Waals surface area contributed by atoms with Gasteiger partial charge in [-0.1, -0.05) is 46.2 Å². The molecule has 45 heavy (non-hydrogen) atoms. The molecule has 0 unspecified atom stereocenters. The fourth-order valence-corrected chi connectivity index (χ4v) is 11.7. The number of nitrogens with zero attached hydrogens (tertiary/aromatic N) is 1. The SMILES string of the molecule is CC[C@H]1[C@@H](O)[C@@H]2[C@H](CC[C@]3(C)[C@@H]([C@H](C)COC(=O)NS(=O)(=O)c4ccc(-c5ccncc5)cc4)CC[C@@H]23)[C@@]2(C)CC[C@@H](O)C[C@@H]12. The predicted octanol–water partition coefficient (Wildman–Crippen LogP) is 6.43. The third kappa shape index (κ3) is 5.71. The monoisotopic (exact) mass is 638 g/mol. The van der Waals surface area contributed by atoms with Crippen molar-refractivity contribution in [2.24, 2.45) is 52.3 Å². The van der Waals surface area contributed by atoms with E-state index in [-0.39, 0.29) is 52.3 Å². The molecule has 1 aromatic heterocycles. The van der Waals surface area contributed by atoms with E-state index in [9.17, 15) is 23.4 Å². The number of aromatic nitrogens is 1. The number of ether oxygens (including phenoxy) is 1. The topological polar surface area (TPSA) is 126 Å². The van der Waals surface area contributed by atoms with E-state index < -0.39 is 16.1 Å². The van der Waals surface area contributed by atoms with Gasteiger partial charge in [0, 0.05) is 12.4 Å². The summed E-state index contributed by atoms with van der Waals surface area (Å²) in [5.41, 5.74) is 1.95. The molecular formula is C36H50N2O6S. The smallest absolute Gasteiger partial charge is 0.421 e. The van der Waals surface area contributed by atoms with Crippen LogP contribution in [0.3, 0.4) is 0 Å². The summed E-state index contributed by atoms with van der Waals surface area (Å²) in [6, 6.07) is 10.0. The highest BCUT2D eigenvalue weighted by Gasteiger charge is 2.64. The summed E-state index contributed by atoms with van der Waals surface area (Å²) in [7, 11) is -4.08. The molecule has 0 radical (unpaired) electrons. The van der Waals surface area contributed by atoms with Gasteiger partial charge in [-0.3, -0.25) is 4.98 Å². The van der Waals surface area contributed by atoms with E-state index in [4.69, 9.17) is 4.74 Å². The minimum Gasteiger partial charge on any atom is -0.449 e. The summed E-state index contributed by atoms with van der Waals surface area (Å²) < 4.78 is 33.5. The van der Waals surface area contributed by atoms with E-state index in [2.05, 4.69) is 37.4 Å². The first kappa shape index (κ1) is 32.5. The van der Waals surface area contributed by atoms with Crippen LogP contribution in [0, 0.1) is 52.3 Å². The van der Waals surface area contributed by atoms with Crippen LogP contribution in [0.2, 0.25) is 0 Å². The molecule has 8 nitrogen and oxygen atoms in total. The number of rotatable bonds is 7. The van der Waals surface area contributed by atoms with E-state index in [1.54, 1.807) is 24.5 Å². The molecule has 4 saturated carbocycles. The molecule has 4 fully saturated rings. The van der Waals surface area contributed by atoms with Crippen molar-refractivity contribution < 1.29 is 28.2 Å².